The third-order valence-corrected chi connectivity index (χ3v) is 3.82. The summed E-state index contributed by atoms with van der Waals surface area (Å²) in [6, 6.07) is 17.6. The highest BCUT2D eigenvalue weighted by Crippen LogP contribution is 2.36. The molecule has 0 unspecified atom stereocenters. The maximum Gasteiger partial charge on any atom is 0.258 e. The van der Waals surface area contributed by atoms with Crippen molar-refractivity contribution in [2.75, 3.05) is 11.9 Å². The van der Waals surface area contributed by atoms with E-state index in [0.717, 1.165) is 22.2 Å². The maximum atomic E-state index is 12.4. The van der Waals surface area contributed by atoms with Crippen molar-refractivity contribution in [1.29, 1.82) is 0 Å². The Morgan fingerprint density at radius 1 is 1.05 bits per heavy atom. The minimum Gasteiger partial charge on any atom is -0.457 e. The van der Waals surface area contributed by atoms with Gasteiger partial charge >= 0.3 is 0 Å². The summed E-state index contributed by atoms with van der Waals surface area (Å²) in [6.45, 7) is 0. The molecule has 0 saturated carbocycles. The fourth-order valence-electron chi connectivity index (χ4n) is 2.75. The molecule has 0 N–H and O–H groups in total. The van der Waals surface area contributed by atoms with Crippen LogP contribution in [0.4, 0.5) is 5.69 Å². The SMILES string of the molecule is CN1C(=O)C(=Cc2cc3ccccc3o2)c2ccccc21. The van der Waals surface area contributed by atoms with E-state index < -0.39 is 0 Å². The maximum absolute atomic E-state index is 12.4. The molecule has 2 heterocycles. The molecule has 3 aromatic rings. The molecule has 1 aromatic heterocycles. The van der Waals surface area contributed by atoms with Crippen molar-refractivity contribution in [3.8, 4) is 0 Å². The van der Waals surface area contributed by atoms with Gasteiger partial charge in [0, 0.05) is 18.0 Å². The van der Waals surface area contributed by atoms with Crippen LogP contribution in [-0.4, -0.2) is 13.0 Å². The van der Waals surface area contributed by atoms with Crippen molar-refractivity contribution in [2.45, 2.75) is 0 Å². The number of likely N-dealkylation sites (N-methyl/N-ethyl adjacent to an activating group) is 1. The van der Waals surface area contributed by atoms with Gasteiger partial charge in [0.1, 0.15) is 11.3 Å². The largest absolute Gasteiger partial charge is 0.457 e. The lowest BCUT2D eigenvalue weighted by atomic mass is 10.1. The first kappa shape index (κ1) is 12.0. The average Bonchev–Trinajstić information content (AvgIpc) is 3.02. The van der Waals surface area contributed by atoms with Crippen LogP contribution in [0.15, 0.2) is 59.0 Å². The first-order valence-corrected chi connectivity index (χ1v) is 6.82. The number of hydrogen-bond donors (Lipinski definition) is 0. The van der Waals surface area contributed by atoms with E-state index in [4.69, 9.17) is 4.42 Å². The van der Waals surface area contributed by atoms with Gasteiger partial charge in [-0.05, 0) is 24.3 Å². The van der Waals surface area contributed by atoms with E-state index in [0.29, 0.717) is 11.3 Å². The highest BCUT2D eigenvalue weighted by molar-refractivity contribution is 6.35. The Morgan fingerprint density at radius 3 is 2.67 bits per heavy atom. The lowest BCUT2D eigenvalue weighted by molar-refractivity contribution is -0.112. The third kappa shape index (κ3) is 1.78. The first-order valence-electron chi connectivity index (χ1n) is 6.82. The van der Waals surface area contributed by atoms with Gasteiger partial charge in [-0.1, -0.05) is 36.4 Å². The number of carbonyl (C=O) groups is 1. The smallest absolute Gasteiger partial charge is 0.258 e. The lowest BCUT2D eigenvalue weighted by Gasteiger charge is -2.07. The summed E-state index contributed by atoms with van der Waals surface area (Å²) in [5, 5.41) is 1.04. The molecular formula is C18H13NO2. The van der Waals surface area contributed by atoms with Gasteiger partial charge < -0.3 is 9.32 Å². The predicted molar refractivity (Wildman–Crippen MR) is 83.9 cm³/mol. The zero-order valence-electron chi connectivity index (χ0n) is 11.5. The molecule has 1 aliphatic heterocycles. The molecule has 102 valence electrons. The molecule has 0 atom stereocenters. The Labute approximate surface area is 122 Å². The van der Waals surface area contributed by atoms with E-state index >= 15 is 0 Å². The van der Waals surface area contributed by atoms with E-state index in [9.17, 15) is 4.79 Å². The fraction of sp³-hybridized carbons (Fsp3) is 0.0556. The minimum absolute atomic E-state index is 0.00310. The van der Waals surface area contributed by atoms with Crippen LogP contribution in [0.25, 0.3) is 22.6 Å². The highest BCUT2D eigenvalue weighted by atomic mass is 16.3. The van der Waals surface area contributed by atoms with Crippen LogP contribution < -0.4 is 4.90 Å². The molecule has 0 fully saturated rings. The Bertz CT molecular complexity index is 856. The Kier molecular flexibility index (Phi) is 2.48. The lowest BCUT2D eigenvalue weighted by Crippen LogP contribution is -2.20. The average molecular weight is 275 g/mol. The summed E-state index contributed by atoms with van der Waals surface area (Å²) < 4.78 is 5.78. The molecule has 0 radical (unpaired) electrons. The normalized spacial score (nSPS) is 16.0. The standard InChI is InChI=1S/C18H13NO2/c1-19-16-8-4-3-7-14(16)15(18(19)20)11-13-10-12-6-2-5-9-17(12)21-13/h2-11H,1H3. The molecule has 3 heteroatoms. The summed E-state index contributed by atoms with van der Waals surface area (Å²) in [7, 11) is 1.79. The van der Waals surface area contributed by atoms with Gasteiger partial charge in [-0.15, -0.1) is 0 Å². The molecule has 4 rings (SSSR count). The van der Waals surface area contributed by atoms with Crippen LogP contribution in [0.2, 0.25) is 0 Å². The molecule has 3 nitrogen and oxygen atoms in total. The molecule has 0 saturated heterocycles. The minimum atomic E-state index is -0.00310. The second-order valence-electron chi connectivity index (χ2n) is 5.13. The molecule has 0 bridgehead atoms. The molecule has 0 spiro atoms. The van der Waals surface area contributed by atoms with Crippen molar-refractivity contribution in [1.82, 2.24) is 0 Å². The molecule has 1 amide bonds. The predicted octanol–water partition coefficient (Wildman–Crippen LogP) is 3.95. The van der Waals surface area contributed by atoms with E-state index in [1.807, 2.05) is 60.7 Å². The second kappa shape index (κ2) is 4.35. The number of amides is 1. The van der Waals surface area contributed by atoms with Gasteiger partial charge in [-0.3, -0.25) is 4.79 Å². The highest BCUT2D eigenvalue weighted by Gasteiger charge is 2.29. The second-order valence-corrected chi connectivity index (χ2v) is 5.13. The van der Waals surface area contributed by atoms with Crippen LogP contribution in [0, 0.1) is 0 Å². The number of carbonyl (C=O) groups excluding carboxylic acids is 1. The summed E-state index contributed by atoms with van der Waals surface area (Å²) in [5.41, 5.74) is 3.39. The van der Waals surface area contributed by atoms with Crippen molar-refractivity contribution in [2.24, 2.45) is 0 Å². The molecule has 2 aromatic carbocycles. The van der Waals surface area contributed by atoms with Crippen molar-refractivity contribution in [3.63, 3.8) is 0 Å². The zero-order chi connectivity index (χ0) is 14.4. The van der Waals surface area contributed by atoms with Crippen LogP contribution in [0.5, 0.6) is 0 Å². The number of rotatable bonds is 1. The van der Waals surface area contributed by atoms with Crippen LogP contribution >= 0.6 is 0 Å². The number of nitrogens with zero attached hydrogens (tertiary/aromatic N) is 1. The molecule has 0 aliphatic carbocycles. The Balaban J connectivity index is 1.87. The number of para-hydroxylation sites is 2. The quantitative estimate of drug-likeness (QED) is 0.630. The van der Waals surface area contributed by atoms with Crippen molar-refractivity contribution in [3.05, 3.63) is 65.9 Å². The Hall–Kier alpha value is -2.81. The van der Waals surface area contributed by atoms with Gasteiger partial charge in [0.05, 0.1) is 11.3 Å². The van der Waals surface area contributed by atoms with E-state index in [-0.39, 0.29) is 5.91 Å². The van der Waals surface area contributed by atoms with Crippen LogP contribution in [0.1, 0.15) is 11.3 Å². The third-order valence-electron chi connectivity index (χ3n) is 3.82. The number of anilines is 1. The van der Waals surface area contributed by atoms with Gasteiger partial charge in [0.25, 0.3) is 5.91 Å². The van der Waals surface area contributed by atoms with Crippen molar-refractivity contribution >= 4 is 34.2 Å². The van der Waals surface area contributed by atoms with Gasteiger partial charge in [-0.2, -0.15) is 0 Å². The number of hydrogen-bond acceptors (Lipinski definition) is 2. The molecular weight excluding hydrogens is 262 g/mol. The summed E-state index contributed by atoms with van der Waals surface area (Å²) in [6.07, 6.45) is 1.82. The van der Waals surface area contributed by atoms with Crippen LogP contribution in [-0.2, 0) is 4.79 Å². The van der Waals surface area contributed by atoms with E-state index in [2.05, 4.69) is 0 Å². The topological polar surface area (TPSA) is 33.5 Å². The first-order chi connectivity index (χ1) is 10.2. The molecule has 1 aliphatic rings. The molecule has 21 heavy (non-hydrogen) atoms. The summed E-state index contributed by atoms with van der Waals surface area (Å²) in [4.78, 5) is 14.1. The van der Waals surface area contributed by atoms with E-state index in [1.165, 1.54) is 0 Å². The van der Waals surface area contributed by atoms with Crippen molar-refractivity contribution < 1.29 is 9.21 Å². The monoisotopic (exact) mass is 275 g/mol. The van der Waals surface area contributed by atoms with Crippen LogP contribution in [0.3, 0.4) is 0 Å². The zero-order valence-corrected chi connectivity index (χ0v) is 11.5. The van der Waals surface area contributed by atoms with E-state index in [1.54, 1.807) is 11.9 Å². The number of benzene rings is 2. The Morgan fingerprint density at radius 2 is 1.81 bits per heavy atom. The van der Waals surface area contributed by atoms with Gasteiger partial charge in [-0.25, -0.2) is 0 Å². The summed E-state index contributed by atoms with van der Waals surface area (Å²) >= 11 is 0. The summed E-state index contributed by atoms with van der Waals surface area (Å²) in [5.74, 6) is 0.696. The van der Waals surface area contributed by atoms with Gasteiger partial charge in [0.15, 0.2) is 0 Å². The fourth-order valence-corrected chi connectivity index (χ4v) is 2.75. The van der Waals surface area contributed by atoms with Gasteiger partial charge in [0.2, 0.25) is 0 Å². The number of fused-ring (bicyclic) bond motifs is 2. The number of furan rings is 1.